The van der Waals surface area contributed by atoms with Crippen LogP contribution in [0.4, 0.5) is 5.69 Å². The van der Waals surface area contributed by atoms with Crippen LogP contribution in [0.5, 0.6) is 0 Å². The van der Waals surface area contributed by atoms with E-state index in [4.69, 9.17) is 5.26 Å². The molecule has 0 unspecified atom stereocenters. The number of hydrogen-bond donors (Lipinski definition) is 2. The lowest BCUT2D eigenvalue weighted by Crippen LogP contribution is -2.25. The molecule has 0 aliphatic carbocycles. The molecule has 3 aromatic heterocycles. The summed E-state index contributed by atoms with van der Waals surface area (Å²) in [6.07, 6.45) is 5.00. The van der Waals surface area contributed by atoms with Crippen LogP contribution in [0, 0.1) is 11.3 Å². The van der Waals surface area contributed by atoms with Gasteiger partial charge in [0.25, 0.3) is 11.8 Å². The van der Waals surface area contributed by atoms with Crippen molar-refractivity contribution in [2.75, 3.05) is 5.32 Å². The average Bonchev–Trinajstić information content (AvgIpc) is 3.18. The molecule has 0 aliphatic heterocycles. The first-order valence-electron chi connectivity index (χ1n) is 9.11. The third kappa shape index (κ3) is 3.86. The van der Waals surface area contributed by atoms with Gasteiger partial charge < -0.3 is 10.6 Å². The Balaban J connectivity index is 1.60. The zero-order valence-corrected chi connectivity index (χ0v) is 15.7. The summed E-state index contributed by atoms with van der Waals surface area (Å²) in [6, 6.07) is 17.5. The van der Waals surface area contributed by atoms with Gasteiger partial charge in [0.1, 0.15) is 0 Å². The summed E-state index contributed by atoms with van der Waals surface area (Å²) in [4.78, 5) is 33.9. The summed E-state index contributed by atoms with van der Waals surface area (Å²) in [6.45, 7) is 0.289. The van der Waals surface area contributed by atoms with Crippen molar-refractivity contribution in [3.63, 3.8) is 0 Å². The Bertz CT molecular complexity index is 1270. The molecule has 1 aromatic carbocycles. The van der Waals surface area contributed by atoms with E-state index < -0.39 is 11.8 Å². The van der Waals surface area contributed by atoms with E-state index in [-0.39, 0.29) is 18.1 Å². The Kier molecular flexibility index (Phi) is 5.17. The van der Waals surface area contributed by atoms with Crippen LogP contribution in [0.1, 0.15) is 32.2 Å². The van der Waals surface area contributed by atoms with Gasteiger partial charge in [0.15, 0.2) is 5.69 Å². The molecule has 0 fully saturated rings. The van der Waals surface area contributed by atoms with E-state index >= 15 is 0 Å². The molecular weight excluding hydrogens is 380 g/mol. The van der Waals surface area contributed by atoms with Crippen molar-refractivity contribution < 1.29 is 9.59 Å². The van der Waals surface area contributed by atoms with Crippen molar-refractivity contribution >= 4 is 23.0 Å². The number of anilines is 1. The molecule has 4 aromatic rings. The lowest BCUT2D eigenvalue weighted by Gasteiger charge is -2.04. The van der Waals surface area contributed by atoms with Gasteiger partial charge in [0, 0.05) is 30.8 Å². The normalized spacial score (nSPS) is 10.4. The van der Waals surface area contributed by atoms with Gasteiger partial charge in [0.2, 0.25) is 5.82 Å². The number of rotatable bonds is 5. The van der Waals surface area contributed by atoms with Crippen LogP contribution in [0.15, 0.2) is 73.2 Å². The number of amides is 2. The van der Waals surface area contributed by atoms with Crippen molar-refractivity contribution in [2.24, 2.45) is 0 Å². The topological polar surface area (TPSA) is 112 Å². The highest BCUT2D eigenvalue weighted by atomic mass is 16.2. The quantitative estimate of drug-likeness (QED) is 0.539. The lowest BCUT2D eigenvalue weighted by atomic mass is 10.2. The summed E-state index contributed by atoms with van der Waals surface area (Å²) >= 11 is 0. The SMILES string of the molecule is N#Cc1cccc(NC(=O)c2nc(C(=O)NCc3cccnc3)n3ccccc23)c1. The van der Waals surface area contributed by atoms with Crippen molar-refractivity contribution in [3.05, 3.63) is 95.8 Å². The zero-order valence-electron chi connectivity index (χ0n) is 15.7. The van der Waals surface area contributed by atoms with E-state index in [1.165, 1.54) is 0 Å². The van der Waals surface area contributed by atoms with Gasteiger partial charge in [-0.2, -0.15) is 5.26 Å². The number of aromatic nitrogens is 3. The first-order valence-corrected chi connectivity index (χ1v) is 9.11. The largest absolute Gasteiger partial charge is 0.345 e. The third-order valence-corrected chi connectivity index (χ3v) is 4.39. The number of nitrogens with zero attached hydrogens (tertiary/aromatic N) is 4. The third-order valence-electron chi connectivity index (χ3n) is 4.39. The maximum atomic E-state index is 12.8. The number of carbonyl (C=O) groups is 2. The fourth-order valence-corrected chi connectivity index (χ4v) is 2.99. The van der Waals surface area contributed by atoms with Gasteiger partial charge in [-0.25, -0.2) is 4.98 Å². The number of nitrogens with one attached hydrogen (secondary N) is 2. The van der Waals surface area contributed by atoms with Gasteiger partial charge in [-0.1, -0.05) is 18.2 Å². The molecule has 0 spiro atoms. The van der Waals surface area contributed by atoms with E-state index in [0.717, 1.165) is 5.56 Å². The van der Waals surface area contributed by atoms with Crippen LogP contribution >= 0.6 is 0 Å². The summed E-state index contributed by atoms with van der Waals surface area (Å²) in [7, 11) is 0. The van der Waals surface area contributed by atoms with Gasteiger partial charge in [-0.05, 0) is 42.0 Å². The van der Waals surface area contributed by atoms with E-state index in [1.807, 2.05) is 12.1 Å². The van der Waals surface area contributed by atoms with Crippen molar-refractivity contribution in [1.29, 1.82) is 5.26 Å². The number of pyridine rings is 2. The minimum absolute atomic E-state index is 0.102. The smallest absolute Gasteiger partial charge is 0.287 e. The summed E-state index contributed by atoms with van der Waals surface area (Å²) in [5, 5.41) is 14.5. The molecule has 0 bridgehead atoms. The summed E-state index contributed by atoms with van der Waals surface area (Å²) < 4.78 is 1.57. The van der Waals surface area contributed by atoms with Gasteiger partial charge in [-0.3, -0.25) is 19.0 Å². The highest BCUT2D eigenvalue weighted by Crippen LogP contribution is 2.17. The fourth-order valence-electron chi connectivity index (χ4n) is 2.99. The maximum absolute atomic E-state index is 12.8. The van der Waals surface area contributed by atoms with Crippen LogP contribution in [0.2, 0.25) is 0 Å². The molecule has 0 atom stereocenters. The van der Waals surface area contributed by atoms with Gasteiger partial charge in [0.05, 0.1) is 17.1 Å². The Labute approximate surface area is 171 Å². The number of fused-ring (bicyclic) bond motifs is 1. The Morgan fingerprint density at radius 3 is 2.77 bits per heavy atom. The van der Waals surface area contributed by atoms with Crippen molar-refractivity contribution in [1.82, 2.24) is 19.7 Å². The minimum Gasteiger partial charge on any atom is -0.345 e. The second-order valence-electron chi connectivity index (χ2n) is 6.43. The number of hydrogen-bond acceptors (Lipinski definition) is 5. The zero-order chi connectivity index (χ0) is 20.9. The minimum atomic E-state index is -0.472. The van der Waals surface area contributed by atoms with E-state index in [9.17, 15) is 9.59 Å². The summed E-state index contributed by atoms with van der Waals surface area (Å²) in [5.74, 6) is -0.781. The van der Waals surface area contributed by atoms with E-state index in [0.29, 0.717) is 16.8 Å². The van der Waals surface area contributed by atoms with Crippen LogP contribution in [-0.4, -0.2) is 26.2 Å². The number of nitriles is 1. The molecule has 146 valence electrons. The monoisotopic (exact) mass is 396 g/mol. The van der Waals surface area contributed by atoms with Crippen molar-refractivity contribution in [3.8, 4) is 6.07 Å². The maximum Gasteiger partial charge on any atom is 0.287 e. The molecule has 4 rings (SSSR count). The molecule has 0 saturated heterocycles. The predicted octanol–water partition coefficient (Wildman–Crippen LogP) is 2.78. The Morgan fingerprint density at radius 1 is 1.07 bits per heavy atom. The Hall–Kier alpha value is -4.51. The van der Waals surface area contributed by atoms with Crippen LogP contribution in [0.3, 0.4) is 0 Å². The van der Waals surface area contributed by atoms with Crippen LogP contribution < -0.4 is 10.6 Å². The molecule has 30 heavy (non-hydrogen) atoms. The highest BCUT2D eigenvalue weighted by molar-refractivity contribution is 6.09. The molecule has 8 heteroatoms. The predicted molar refractivity (Wildman–Crippen MR) is 110 cm³/mol. The average molecular weight is 396 g/mol. The van der Waals surface area contributed by atoms with Crippen molar-refractivity contribution in [2.45, 2.75) is 6.54 Å². The molecule has 2 N–H and O–H groups in total. The highest BCUT2D eigenvalue weighted by Gasteiger charge is 2.21. The standard InChI is InChI=1S/C22H16N6O2/c23-12-15-5-3-7-17(11-15)26-21(29)19-18-8-1-2-10-28(18)20(27-19)22(30)25-14-16-6-4-9-24-13-16/h1-11,13H,14H2,(H,25,30)(H,26,29). The second kappa shape index (κ2) is 8.24. The number of imidazole rings is 1. The molecule has 3 heterocycles. The lowest BCUT2D eigenvalue weighted by molar-refractivity contribution is 0.0940. The molecule has 0 aliphatic rings. The Morgan fingerprint density at radius 2 is 1.97 bits per heavy atom. The van der Waals surface area contributed by atoms with Crippen LogP contribution in [0.25, 0.3) is 5.52 Å². The van der Waals surface area contributed by atoms with E-state index in [2.05, 4.69) is 20.6 Å². The van der Waals surface area contributed by atoms with Gasteiger partial charge >= 0.3 is 0 Å². The van der Waals surface area contributed by atoms with E-state index in [1.54, 1.807) is 71.5 Å². The second-order valence-corrected chi connectivity index (χ2v) is 6.43. The molecule has 2 amide bonds. The summed E-state index contributed by atoms with van der Waals surface area (Å²) in [5.41, 5.74) is 2.36. The first kappa shape index (κ1) is 18.8. The molecule has 0 saturated carbocycles. The van der Waals surface area contributed by atoms with Gasteiger partial charge in [-0.15, -0.1) is 0 Å². The molecule has 8 nitrogen and oxygen atoms in total. The van der Waals surface area contributed by atoms with Crippen LogP contribution in [-0.2, 0) is 6.54 Å². The number of carbonyl (C=O) groups excluding carboxylic acids is 2. The molecular formula is C22H16N6O2. The first-order chi connectivity index (χ1) is 14.7. The fraction of sp³-hybridized carbons (Fsp3) is 0.0455. The molecule has 0 radical (unpaired) electrons. The number of benzene rings is 1.